The van der Waals surface area contributed by atoms with Crippen LogP contribution < -0.4 is 5.32 Å². The molecule has 3 nitrogen and oxygen atoms in total. The normalized spacial score (nSPS) is 13.8. The molecule has 0 heterocycles. The van der Waals surface area contributed by atoms with Crippen LogP contribution in [0.3, 0.4) is 0 Å². The molecule has 0 aliphatic heterocycles. The first kappa shape index (κ1) is 18.6. The summed E-state index contributed by atoms with van der Waals surface area (Å²) >= 11 is 0. The van der Waals surface area contributed by atoms with E-state index in [-0.39, 0.29) is 27.1 Å². The van der Waals surface area contributed by atoms with E-state index in [0.717, 1.165) is 13.1 Å². The van der Waals surface area contributed by atoms with Crippen LogP contribution in [0.5, 0.6) is 0 Å². The summed E-state index contributed by atoms with van der Waals surface area (Å²) in [6, 6.07) is 0. The van der Waals surface area contributed by atoms with Gasteiger partial charge in [-0.3, -0.25) is 0 Å². The van der Waals surface area contributed by atoms with Gasteiger partial charge in [-0.15, -0.1) is 0 Å². The Hall–Kier alpha value is -0.120. The summed E-state index contributed by atoms with van der Waals surface area (Å²) in [5.41, 5.74) is 0. The van der Waals surface area contributed by atoms with Crippen LogP contribution in [0.15, 0.2) is 0 Å². The molecule has 0 bridgehead atoms. The van der Waals surface area contributed by atoms with E-state index in [0.29, 0.717) is 0 Å². The van der Waals surface area contributed by atoms with Gasteiger partial charge in [-0.05, 0) is 13.8 Å². The summed E-state index contributed by atoms with van der Waals surface area (Å²) in [5.74, 6) is 0. The maximum atomic E-state index is 5.06. The summed E-state index contributed by atoms with van der Waals surface area (Å²) in [6.45, 7) is 5.82. The first-order chi connectivity index (χ1) is 5.20. The third-order valence-corrected chi connectivity index (χ3v) is 1.67. The highest BCUT2D eigenvalue weighted by Crippen LogP contribution is 1.86. The largest absolute Gasteiger partial charge is 0.380 e. The fourth-order valence-corrected chi connectivity index (χ4v) is 0.657. The van der Waals surface area contributed by atoms with Crippen LogP contribution in [0, 0.1) is 0 Å². The molecule has 3 heteroatoms. The molecule has 1 N–H and O–H groups in total. The molecule has 84 valence electrons. The number of hydrogen-bond donors (Lipinski definition) is 1. The average Bonchev–Trinajstić information content (AvgIpc) is 2.04. The zero-order chi connectivity index (χ0) is 8.69. The average molecular weight is 193 g/mol. The van der Waals surface area contributed by atoms with Crippen molar-refractivity contribution in [2.24, 2.45) is 0 Å². The fraction of sp³-hybridized carbons (Fsp3) is 1.00. The highest BCUT2D eigenvalue weighted by molar-refractivity contribution is 4.58. The molecule has 0 radical (unpaired) electrons. The van der Waals surface area contributed by atoms with Crippen molar-refractivity contribution in [3.05, 3.63) is 0 Å². The lowest BCUT2D eigenvalue weighted by Crippen LogP contribution is -2.32. The van der Waals surface area contributed by atoms with Crippen LogP contribution in [0.4, 0.5) is 0 Å². The SMILES string of the molecule is C.C.COC(C)CNCC(C)OC. The number of ether oxygens (including phenoxy) is 2. The van der Waals surface area contributed by atoms with Gasteiger partial charge in [0.1, 0.15) is 0 Å². The van der Waals surface area contributed by atoms with Crippen molar-refractivity contribution >= 4 is 0 Å². The Balaban J connectivity index is -0.000000500. The second kappa shape index (κ2) is 11.9. The Bertz CT molecular complexity index is 79.0. The minimum absolute atomic E-state index is 0. The van der Waals surface area contributed by atoms with Crippen LogP contribution in [0.1, 0.15) is 28.7 Å². The van der Waals surface area contributed by atoms with Crippen LogP contribution >= 0.6 is 0 Å². The van der Waals surface area contributed by atoms with E-state index in [9.17, 15) is 0 Å². The predicted octanol–water partition coefficient (Wildman–Crippen LogP) is 1.92. The van der Waals surface area contributed by atoms with Crippen LogP contribution in [-0.2, 0) is 9.47 Å². The Labute approximate surface area is 83.8 Å². The summed E-state index contributed by atoms with van der Waals surface area (Å²) in [5, 5.41) is 3.24. The molecule has 2 unspecified atom stereocenters. The van der Waals surface area contributed by atoms with E-state index in [1.54, 1.807) is 14.2 Å². The highest BCUT2D eigenvalue weighted by Gasteiger charge is 2.00. The highest BCUT2D eigenvalue weighted by atomic mass is 16.5. The third-order valence-electron chi connectivity index (χ3n) is 1.67. The van der Waals surface area contributed by atoms with Gasteiger partial charge in [-0.2, -0.15) is 0 Å². The van der Waals surface area contributed by atoms with Crippen LogP contribution in [0.2, 0.25) is 0 Å². The van der Waals surface area contributed by atoms with Gasteiger partial charge >= 0.3 is 0 Å². The topological polar surface area (TPSA) is 30.5 Å². The van der Waals surface area contributed by atoms with Crippen molar-refractivity contribution in [1.29, 1.82) is 0 Å². The van der Waals surface area contributed by atoms with E-state index in [1.807, 2.05) is 13.8 Å². The van der Waals surface area contributed by atoms with Gasteiger partial charge in [0.15, 0.2) is 0 Å². The van der Waals surface area contributed by atoms with Crippen LogP contribution in [0.25, 0.3) is 0 Å². The van der Waals surface area contributed by atoms with E-state index in [1.165, 1.54) is 0 Å². The molecule has 0 aliphatic rings. The lowest BCUT2D eigenvalue weighted by atomic mass is 10.3. The van der Waals surface area contributed by atoms with Gasteiger partial charge in [0.25, 0.3) is 0 Å². The molecule has 13 heavy (non-hydrogen) atoms. The summed E-state index contributed by atoms with van der Waals surface area (Å²) in [7, 11) is 3.43. The molecular weight excluding hydrogens is 166 g/mol. The minimum Gasteiger partial charge on any atom is -0.380 e. The van der Waals surface area contributed by atoms with Crippen molar-refractivity contribution in [3.8, 4) is 0 Å². The van der Waals surface area contributed by atoms with E-state index < -0.39 is 0 Å². The number of methoxy groups -OCH3 is 2. The molecule has 0 aliphatic carbocycles. The lowest BCUT2D eigenvalue weighted by molar-refractivity contribution is 0.0963. The van der Waals surface area contributed by atoms with Gasteiger partial charge < -0.3 is 14.8 Å². The quantitative estimate of drug-likeness (QED) is 0.699. The molecule has 2 atom stereocenters. The second-order valence-corrected chi connectivity index (χ2v) is 2.75. The summed E-state index contributed by atoms with van der Waals surface area (Å²) < 4.78 is 10.1. The van der Waals surface area contributed by atoms with Gasteiger partial charge in [0, 0.05) is 27.3 Å². The molecule has 0 rings (SSSR count). The van der Waals surface area contributed by atoms with Gasteiger partial charge in [0.2, 0.25) is 0 Å². The number of nitrogens with one attached hydrogen (secondary N) is 1. The summed E-state index contributed by atoms with van der Waals surface area (Å²) in [4.78, 5) is 0. The van der Waals surface area contributed by atoms with Gasteiger partial charge in [-0.25, -0.2) is 0 Å². The van der Waals surface area contributed by atoms with E-state index in [2.05, 4.69) is 5.32 Å². The molecule has 0 spiro atoms. The van der Waals surface area contributed by atoms with E-state index >= 15 is 0 Å². The number of hydrogen-bond acceptors (Lipinski definition) is 3. The summed E-state index contributed by atoms with van der Waals surface area (Å²) in [6.07, 6.45) is 0.554. The number of rotatable bonds is 6. The molecule has 0 fully saturated rings. The molecule has 0 aromatic rings. The smallest absolute Gasteiger partial charge is 0.0667 e. The zero-order valence-electron chi connectivity index (χ0n) is 7.89. The van der Waals surface area contributed by atoms with Crippen molar-refractivity contribution in [3.63, 3.8) is 0 Å². The van der Waals surface area contributed by atoms with Crippen molar-refractivity contribution in [2.45, 2.75) is 40.9 Å². The minimum atomic E-state index is 0. The Morgan fingerprint density at radius 1 is 0.923 bits per heavy atom. The molecule has 0 saturated heterocycles. The first-order valence-electron chi connectivity index (χ1n) is 3.97. The lowest BCUT2D eigenvalue weighted by Gasteiger charge is -2.13. The van der Waals surface area contributed by atoms with Gasteiger partial charge in [0.05, 0.1) is 12.2 Å². The van der Waals surface area contributed by atoms with Crippen molar-refractivity contribution in [1.82, 2.24) is 5.32 Å². The molecule has 0 aromatic heterocycles. The van der Waals surface area contributed by atoms with E-state index in [4.69, 9.17) is 9.47 Å². The van der Waals surface area contributed by atoms with Gasteiger partial charge in [-0.1, -0.05) is 14.9 Å². The molecule has 0 amide bonds. The predicted molar refractivity (Wildman–Crippen MR) is 59.3 cm³/mol. The first-order valence-corrected chi connectivity index (χ1v) is 3.97. The Morgan fingerprint density at radius 2 is 1.23 bits per heavy atom. The standard InChI is InChI=1S/C8H19NO2.2CH4/c1-7(10-3)5-9-6-8(2)11-4;;/h7-9H,5-6H2,1-4H3;2*1H4. The third kappa shape index (κ3) is 11.9. The monoisotopic (exact) mass is 193 g/mol. The van der Waals surface area contributed by atoms with Crippen molar-refractivity contribution in [2.75, 3.05) is 27.3 Å². The molecule has 0 aromatic carbocycles. The van der Waals surface area contributed by atoms with Crippen molar-refractivity contribution < 1.29 is 9.47 Å². The molecule has 0 saturated carbocycles. The Morgan fingerprint density at radius 3 is 1.46 bits per heavy atom. The second-order valence-electron chi connectivity index (χ2n) is 2.75. The Kier molecular flexibility index (Phi) is 17.0. The maximum Gasteiger partial charge on any atom is 0.0667 e. The molecular formula is C10H27NO2. The zero-order valence-corrected chi connectivity index (χ0v) is 7.89. The maximum absolute atomic E-state index is 5.06. The fourth-order valence-electron chi connectivity index (χ4n) is 0.657. The van der Waals surface area contributed by atoms with Crippen LogP contribution in [-0.4, -0.2) is 39.5 Å².